The summed E-state index contributed by atoms with van der Waals surface area (Å²) in [7, 11) is 4.17. The Morgan fingerprint density at radius 1 is 1.06 bits per heavy atom. The fourth-order valence-electron chi connectivity index (χ4n) is 4.43. The molecule has 6 nitrogen and oxygen atoms in total. The van der Waals surface area contributed by atoms with Crippen LogP contribution in [0.3, 0.4) is 0 Å². The molecule has 2 aliphatic heterocycles. The summed E-state index contributed by atoms with van der Waals surface area (Å²) in [6.07, 6.45) is 2.14. The number of hydrogen-bond donors (Lipinski definition) is 0. The van der Waals surface area contributed by atoms with Gasteiger partial charge in [-0.05, 0) is 57.3 Å². The minimum atomic E-state index is 0.0731. The van der Waals surface area contributed by atoms with Crippen molar-refractivity contribution in [1.29, 1.82) is 0 Å². The summed E-state index contributed by atoms with van der Waals surface area (Å²) in [5.41, 5.74) is 3.20. The van der Waals surface area contributed by atoms with E-state index in [1.807, 2.05) is 53.4 Å². The molecule has 3 aromatic rings. The fourth-order valence-corrected chi connectivity index (χ4v) is 4.43. The van der Waals surface area contributed by atoms with Crippen molar-refractivity contribution in [2.24, 2.45) is 0 Å². The van der Waals surface area contributed by atoms with Crippen molar-refractivity contribution in [1.82, 2.24) is 14.8 Å². The van der Waals surface area contributed by atoms with Gasteiger partial charge >= 0.3 is 0 Å². The molecule has 2 aliphatic rings. The van der Waals surface area contributed by atoms with Crippen molar-refractivity contribution in [3.05, 3.63) is 54.1 Å². The van der Waals surface area contributed by atoms with E-state index in [-0.39, 0.29) is 5.91 Å². The van der Waals surface area contributed by atoms with Gasteiger partial charge in [0.1, 0.15) is 13.2 Å². The number of pyridine rings is 1. The molecule has 31 heavy (non-hydrogen) atoms. The number of rotatable bonds is 3. The molecular formula is C25H27N3O3. The van der Waals surface area contributed by atoms with E-state index in [1.54, 1.807) is 0 Å². The zero-order valence-corrected chi connectivity index (χ0v) is 18.0. The normalized spacial score (nSPS) is 18.4. The van der Waals surface area contributed by atoms with Crippen LogP contribution in [0.25, 0.3) is 22.2 Å². The highest BCUT2D eigenvalue weighted by Gasteiger charge is 2.27. The molecule has 0 saturated carbocycles. The van der Waals surface area contributed by atoms with Crippen molar-refractivity contribution in [2.75, 3.05) is 40.4 Å². The molecule has 0 radical (unpaired) electrons. The first-order valence-corrected chi connectivity index (χ1v) is 10.9. The number of piperidine rings is 1. The Kier molecular flexibility index (Phi) is 5.24. The predicted octanol–water partition coefficient (Wildman–Crippen LogP) is 3.84. The van der Waals surface area contributed by atoms with Gasteiger partial charge in [0.2, 0.25) is 0 Å². The number of fused-ring (bicyclic) bond motifs is 2. The Labute approximate surface area is 182 Å². The number of amides is 1. The molecule has 5 rings (SSSR count). The number of aromatic nitrogens is 1. The summed E-state index contributed by atoms with van der Waals surface area (Å²) in [4.78, 5) is 22.7. The summed E-state index contributed by atoms with van der Waals surface area (Å²) in [6.45, 7) is 2.64. The van der Waals surface area contributed by atoms with Gasteiger partial charge in [0.05, 0.1) is 16.8 Å². The molecule has 1 unspecified atom stereocenters. The molecule has 0 N–H and O–H groups in total. The number of benzene rings is 2. The second-order valence-corrected chi connectivity index (χ2v) is 8.44. The van der Waals surface area contributed by atoms with E-state index in [0.717, 1.165) is 59.6 Å². The quantitative estimate of drug-likeness (QED) is 0.648. The first kappa shape index (κ1) is 19.8. The van der Waals surface area contributed by atoms with E-state index in [1.165, 1.54) is 0 Å². The number of para-hydroxylation sites is 1. The van der Waals surface area contributed by atoms with Crippen molar-refractivity contribution >= 4 is 16.8 Å². The Morgan fingerprint density at radius 3 is 2.71 bits per heavy atom. The van der Waals surface area contributed by atoms with Crippen molar-refractivity contribution in [3.8, 4) is 22.8 Å². The number of carbonyl (C=O) groups excluding carboxylic acids is 1. The molecule has 0 spiro atoms. The molecule has 1 fully saturated rings. The molecule has 1 saturated heterocycles. The van der Waals surface area contributed by atoms with Gasteiger partial charge in [-0.2, -0.15) is 0 Å². The maximum atomic E-state index is 13.6. The summed E-state index contributed by atoms with van der Waals surface area (Å²) < 4.78 is 11.4. The maximum absolute atomic E-state index is 13.6. The second kappa shape index (κ2) is 8.19. The van der Waals surface area contributed by atoms with Crippen molar-refractivity contribution in [3.63, 3.8) is 0 Å². The number of likely N-dealkylation sites (N-methyl/N-ethyl adjacent to an activating group) is 1. The molecule has 2 aromatic carbocycles. The van der Waals surface area contributed by atoms with E-state index in [9.17, 15) is 4.79 Å². The van der Waals surface area contributed by atoms with Crippen LogP contribution >= 0.6 is 0 Å². The van der Waals surface area contributed by atoms with Gasteiger partial charge in [-0.3, -0.25) is 4.79 Å². The largest absolute Gasteiger partial charge is 0.486 e. The predicted molar refractivity (Wildman–Crippen MR) is 121 cm³/mol. The summed E-state index contributed by atoms with van der Waals surface area (Å²) in [6, 6.07) is 16.0. The number of likely N-dealkylation sites (tertiary alicyclic amines) is 1. The smallest absolute Gasteiger partial charge is 0.254 e. The van der Waals surface area contributed by atoms with Crippen molar-refractivity contribution < 1.29 is 14.3 Å². The van der Waals surface area contributed by atoms with Crippen LogP contribution in [0.1, 0.15) is 23.2 Å². The Hall–Kier alpha value is -3.12. The van der Waals surface area contributed by atoms with Crippen LogP contribution in [-0.4, -0.2) is 67.1 Å². The Bertz CT molecular complexity index is 1130. The van der Waals surface area contributed by atoms with E-state index < -0.39 is 0 Å². The van der Waals surface area contributed by atoms with Gasteiger partial charge in [-0.15, -0.1) is 0 Å². The van der Waals surface area contributed by atoms with Crippen LogP contribution < -0.4 is 9.47 Å². The standard InChI is InChI=1S/C25H27N3O3/c1-27(2)18-6-5-11-28(16-18)25(29)20-15-22(26-21-8-4-3-7-19(20)21)17-9-10-23-24(14-17)31-13-12-30-23/h3-4,7-10,14-15,18H,5-6,11-13,16H2,1-2H3. The lowest BCUT2D eigenvalue weighted by Gasteiger charge is -2.36. The molecule has 6 heteroatoms. The molecule has 0 aliphatic carbocycles. The Morgan fingerprint density at radius 2 is 1.87 bits per heavy atom. The highest BCUT2D eigenvalue weighted by Crippen LogP contribution is 2.35. The minimum absolute atomic E-state index is 0.0731. The third-order valence-electron chi connectivity index (χ3n) is 6.20. The van der Waals surface area contributed by atoms with Crippen molar-refractivity contribution in [2.45, 2.75) is 18.9 Å². The second-order valence-electron chi connectivity index (χ2n) is 8.44. The Balaban J connectivity index is 1.56. The van der Waals surface area contributed by atoms with Gasteiger partial charge in [-0.25, -0.2) is 4.98 Å². The highest BCUT2D eigenvalue weighted by molar-refractivity contribution is 6.07. The zero-order valence-electron chi connectivity index (χ0n) is 18.0. The topological polar surface area (TPSA) is 54.9 Å². The molecule has 3 heterocycles. The molecule has 0 bridgehead atoms. The summed E-state index contributed by atoms with van der Waals surface area (Å²) in [5.74, 6) is 1.54. The minimum Gasteiger partial charge on any atom is -0.486 e. The lowest BCUT2D eigenvalue weighted by molar-refractivity contribution is 0.0637. The number of carbonyl (C=O) groups is 1. The SMILES string of the molecule is CN(C)C1CCCN(C(=O)c2cc(-c3ccc4c(c3)OCCO4)nc3ccccc23)C1. The van der Waals surface area contributed by atoms with E-state index in [0.29, 0.717) is 24.8 Å². The highest BCUT2D eigenvalue weighted by atomic mass is 16.6. The third kappa shape index (κ3) is 3.83. The van der Waals surface area contributed by atoms with Crippen LogP contribution in [0.2, 0.25) is 0 Å². The summed E-state index contributed by atoms with van der Waals surface area (Å²) in [5, 5.41) is 0.890. The van der Waals surface area contributed by atoms with Gasteiger partial charge in [0, 0.05) is 30.1 Å². The van der Waals surface area contributed by atoms with E-state index >= 15 is 0 Å². The van der Waals surface area contributed by atoms with Crippen LogP contribution in [0.15, 0.2) is 48.5 Å². The molecule has 160 valence electrons. The van der Waals surface area contributed by atoms with Crippen LogP contribution in [-0.2, 0) is 0 Å². The third-order valence-corrected chi connectivity index (χ3v) is 6.20. The monoisotopic (exact) mass is 417 g/mol. The van der Waals surface area contributed by atoms with Crippen LogP contribution in [0, 0.1) is 0 Å². The molecule has 1 atom stereocenters. The lowest BCUT2D eigenvalue weighted by Crippen LogP contribution is -2.47. The first-order valence-electron chi connectivity index (χ1n) is 10.9. The zero-order chi connectivity index (χ0) is 21.4. The molecule has 1 aromatic heterocycles. The molecule has 1 amide bonds. The van der Waals surface area contributed by atoms with E-state index in [4.69, 9.17) is 14.5 Å². The average Bonchev–Trinajstić information content (AvgIpc) is 2.82. The van der Waals surface area contributed by atoms with Gasteiger partial charge < -0.3 is 19.3 Å². The van der Waals surface area contributed by atoms with Gasteiger partial charge in [0.25, 0.3) is 5.91 Å². The van der Waals surface area contributed by atoms with Crippen LogP contribution in [0.4, 0.5) is 0 Å². The van der Waals surface area contributed by atoms with E-state index in [2.05, 4.69) is 19.0 Å². The molecular weight excluding hydrogens is 390 g/mol. The number of hydrogen-bond acceptors (Lipinski definition) is 5. The maximum Gasteiger partial charge on any atom is 0.254 e. The lowest BCUT2D eigenvalue weighted by atomic mass is 10.00. The van der Waals surface area contributed by atoms with Gasteiger partial charge in [0.15, 0.2) is 11.5 Å². The van der Waals surface area contributed by atoms with Crippen LogP contribution in [0.5, 0.6) is 11.5 Å². The number of ether oxygens (including phenoxy) is 2. The van der Waals surface area contributed by atoms with Gasteiger partial charge in [-0.1, -0.05) is 18.2 Å². The summed E-state index contributed by atoms with van der Waals surface area (Å²) >= 11 is 0. The number of nitrogens with zero attached hydrogens (tertiary/aromatic N) is 3. The fraction of sp³-hybridized carbons (Fsp3) is 0.360. The first-order chi connectivity index (χ1) is 15.1. The average molecular weight is 418 g/mol.